The molecule has 28 heavy (non-hydrogen) atoms. The summed E-state index contributed by atoms with van der Waals surface area (Å²) >= 11 is 0. The molecule has 1 atom stereocenters. The summed E-state index contributed by atoms with van der Waals surface area (Å²) in [4.78, 5) is -0.172. The Hall–Kier alpha value is -2.00. The molecule has 0 bridgehead atoms. The molecule has 1 aliphatic heterocycles. The van der Waals surface area contributed by atoms with Crippen molar-refractivity contribution in [1.29, 1.82) is 0 Å². The zero-order valence-corrected chi connectivity index (χ0v) is 17.4. The molecule has 2 heterocycles. The predicted molar refractivity (Wildman–Crippen MR) is 101 cm³/mol. The fraction of sp³-hybridized carbons (Fsp3) is 0.579. The highest BCUT2D eigenvalue weighted by molar-refractivity contribution is 7.89. The summed E-state index contributed by atoms with van der Waals surface area (Å²) < 4.78 is 52.2. The summed E-state index contributed by atoms with van der Waals surface area (Å²) in [6.07, 6.45) is 2.05. The van der Waals surface area contributed by atoms with E-state index in [0.29, 0.717) is 31.2 Å². The van der Waals surface area contributed by atoms with Crippen LogP contribution < -0.4 is 4.74 Å². The zero-order valence-electron chi connectivity index (χ0n) is 16.6. The lowest BCUT2D eigenvalue weighted by Crippen LogP contribution is -2.39. The minimum absolute atomic E-state index is 0.0136. The second kappa shape index (κ2) is 7.79. The van der Waals surface area contributed by atoms with Crippen molar-refractivity contribution in [3.05, 3.63) is 35.8 Å². The first-order valence-electron chi connectivity index (χ1n) is 9.26. The van der Waals surface area contributed by atoms with Gasteiger partial charge in [-0.25, -0.2) is 12.8 Å². The summed E-state index contributed by atoms with van der Waals surface area (Å²) in [5.74, 6) is 0.300. The molecule has 7 nitrogen and oxygen atoms in total. The van der Waals surface area contributed by atoms with E-state index in [9.17, 15) is 12.8 Å². The van der Waals surface area contributed by atoms with Crippen molar-refractivity contribution >= 4 is 10.0 Å². The second-order valence-corrected chi connectivity index (χ2v) is 10.2. The van der Waals surface area contributed by atoms with Crippen LogP contribution in [0, 0.1) is 11.2 Å². The first kappa shape index (κ1) is 20.7. The van der Waals surface area contributed by atoms with Gasteiger partial charge in [-0.2, -0.15) is 4.31 Å². The normalized spacial score (nSPS) is 19.0. The Morgan fingerprint density at radius 2 is 2.07 bits per heavy atom. The van der Waals surface area contributed by atoms with Crippen molar-refractivity contribution in [3.63, 3.8) is 0 Å². The molecule has 2 aromatic rings. The fourth-order valence-electron chi connectivity index (χ4n) is 3.31. The molecule has 1 aromatic carbocycles. The third kappa shape index (κ3) is 4.52. The number of rotatable bonds is 5. The molecule has 1 aromatic heterocycles. The van der Waals surface area contributed by atoms with Gasteiger partial charge < -0.3 is 9.15 Å². The third-order valence-electron chi connectivity index (χ3n) is 4.64. The number of sulfonamides is 1. The van der Waals surface area contributed by atoms with Crippen molar-refractivity contribution in [2.24, 2.45) is 5.41 Å². The van der Waals surface area contributed by atoms with E-state index >= 15 is 0 Å². The van der Waals surface area contributed by atoms with Gasteiger partial charge in [-0.05, 0) is 36.5 Å². The Balaban J connectivity index is 1.82. The van der Waals surface area contributed by atoms with Gasteiger partial charge in [0.2, 0.25) is 21.8 Å². The van der Waals surface area contributed by atoms with E-state index in [1.54, 1.807) is 0 Å². The van der Waals surface area contributed by atoms with Gasteiger partial charge in [0, 0.05) is 19.5 Å². The van der Waals surface area contributed by atoms with E-state index in [0.717, 1.165) is 12.5 Å². The smallest absolute Gasteiger partial charge is 0.246 e. The van der Waals surface area contributed by atoms with E-state index in [4.69, 9.17) is 9.15 Å². The maximum Gasteiger partial charge on any atom is 0.246 e. The van der Waals surface area contributed by atoms with Gasteiger partial charge in [0.25, 0.3) is 0 Å². The van der Waals surface area contributed by atoms with Gasteiger partial charge in [0.15, 0.2) is 0 Å². The number of hydrogen-bond donors (Lipinski definition) is 0. The number of piperidine rings is 1. The van der Waals surface area contributed by atoms with Gasteiger partial charge in [0.1, 0.15) is 16.5 Å². The fourth-order valence-corrected chi connectivity index (χ4v) is 5.00. The molecule has 0 aliphatic carbocycles. The number of benzene rings is 1. The predicted octanol–water partition coefficient (Wildman–Crippen LogP) is 3.37. The van der Waals surface area contributed by atoms with Crippen molar-refractivity contribution in [2.45, 2.75) is 50.8 Å². The summed E-state index contributed by atoms with van der Waals surface area (Å²) in [7, 11) is -2.55. The van der Waals surface area contributed by atoms with Crippen molar-refractivity contribution in [1.82, 2.24) is 14.5 Å². The minimum atomic E-state index is -3.91. The van der Waals surface area contributed by atoms with Gasteiger partial charge in [-0.1, -0.05) is 20.8 Å². The molecule has 1 fully saturated rings. The highest BCUT2D eigenvalue weighted by atomic mass is 32.2. The minimum Gasteiger partial charge on any atom is -0.495 e. The second-order valence-electron chi connectivity index (χ2n) is 8.27. The number of methoxy groups -OCH3 is 1. The molecule has 0 radical (unpaired) electrons. The number of ether oxygens (including phenoxy) is 1. The molecule has 1 saturated heterocycles. The van der Waals surface area contributed by atoms with Crippen LogP contribution in [0.5, 0.6) is 5.75 Å². The molecule has 0 N–H and O–H groups in total. The molecule has 0 spiro atoms. The average Bonchev–Trinajstić information content (AvgIpc) is 3.08. The van der Waals surface area contributed by atoms with E-state index in [1.165, 1.54) is 23.5 Å². The maximum absolute atomic E-state index is 13.7. The topological polar surface area (TPSA) is 85.5 Å². The average molecular weight is 411 g/mol. The van der Waals surface area contributed by atoms with Gasteiger partial charge in [-0.15, -0.1) is 10.2 Å². The van der Waals surface area contributed by atoms with Crippen LogP contribution in [0.4, 0.5) is 4.39 Å². The summed E-state index contributed by atoms with van der Waals surface area (Å²) in [6, 6.07) is 3.48. The van der Waals surface area contributed by atoms with Crippen LogP contribution >= 0.6 is 0 Å². The highest BCUT2D eigenvalue weighted by Crippen LogP contribution is 2.33. The number of aromatic nitrogens is 2. The molecule has 0 amide bonds. The largest absolute Gasteiger partial charge is 0.495 e. The third-order valence-corrected chi connectivity index (χ3v) is 6.53. The van der Waals surface area contributed by atoms with Crippen LogP contribution in [0.25, 0.3) is 0 Å². The van der Waals surface area contributed by atoms with Crippen LogP contribution in [0.1, 0.15) is 51.3 Å². The van der Waals surface area contributed by atoms with Crippen LogP contribution in [-0.2, 0) is 16.4 Å². The van der Waals surface area contributed by atoms with Crippen molar-refractivity contribution < 1.29 is 22.0 Å². The van der Waals surface area contributed by atoms with Crippen molar-refractivity contribution in [3.8, 4) is 5.75 Å². The molecule has 154 valence electrons. The Kier molecular flexibility index (Phi) is 5.77. The number of hydrogen-bond acceptors (Lipinski definition) is 6. The standard InChI is InChI=1S/C19H26FN3O4S/c1-19(2,3)11-17-21-22-18(27-17)13-6-5-9-23(12-13)28(24,25)16-10-14(20)7-8-15(16)26-4/h7-8,10,13H,5-6,9,11-12H2,1-4H3. The molecule has 1 unspecified atom stereocenters. The maximum atomic E-state index is 13.7. The van der Waals surface area contributed by atoms with Gasteiger partial charge in [-0.3, -0.25) is 0 Å². The molecule has 1 aliphatic rings. The van der Waals surface area contributed by atoms with Gasteiger partial charge >= 0.3 is 0 Å². The first-order valence-corrected chi connectivity index (χ1v) is 10.7. The summed E-state index contributed by atoms with van der Waals surface area (Å²) in [5, 5.41) is 8.25. The quantitative estimate of drug-likeness (QED) is 0.750. The van der Waals surface area contributed by atoms with Crippen LogP contribution in [0.3, 0.4) is 0 Å². The van der Waals surface area contributed by atoms with E-state index < -0.39 is 15.8 Å². The molecular weight excluding hydrogens is 385 g/mol. The van der Waals surface area contributed by atoms with Crippen molar-refractivity contribution in [2.75, 3.05) is 20.2 Å². The van der Waals surface area contributed by atoms with E-state index in [1.807, 2.05) is 0 Å². The zero-order chi connectivity index (χ0) is 20.5. The lowest BCUT2D eigenvalue weighted by molar-refractivity contribution is 0.273. The summed E-state index contributed by atoms with van der Waals surface area (Å²) in [6.45, 7) is 6.80. The van der Waals surface area contributed by atoms with Crippen LogP contribution in [-0.4, -0.2) is 43.1 Å². The van der Waals surface area contributed by atoms with Gasteiger partial charge in [0.05, 0.1) is 13.0 Å². The Morgan fingerprint density at radius 1 is 1.32 bits per heavy atom. The lowest BCUT2D eigenvalue weighted by atomic mass is 9.92. The molecular formula is C19H26FN3O4S. The number of halogens is 1. The molecule has 3 rings (SSSR count). The highest BCUT2D eigenvalue weighted by Gasteiger charge is 2.35. The Bertz CT molecular complexity index is 937. The lowest BCUT2D eigenvalue weighted by Gasteiger charge is -2.30. The number of nitrogens with zero attached hydrogens (tertiary/aromatic N) is 3. The van der Waals surface area contributed by atoms with Crippen LogP contribution in [0.2, 0.25) is 0 Å². The Labute approximate surface area is 164 Å². The van der Waals surface area contributed by atoms with E-state index in [-0.39, 0.29) is 28.5 Å². The summed E-state index contributed by atoms with van der Waals surface area (Å²) in [5.41, 5.74) is 0.0136. The van der Waals surface area contributed by atoms with E-state index in [2.05, 4.69) is 31.0 Å². The monoisotopic (exact) mass is 411 g/mol. The first-order chi connectivity index (χ1) is 13.1. The molecule has 9 heteroatoms. The van der Waals surface area contributed by atoms with Crippen LogP contribution in [0.15, 0.2) is 27.5 Å². The molecule has 0 saturated carbocycles. The SMILES string of the molecule is COc1ccc(F)cc1S(=O)(=O)N1CCCC(c2nnc(CC(C)(C)C)o2)C1. The Morgan fingerprint density at radius 3 is 2.75 bits per heavy atom.